The highest BCUT2D eigenvalue weighted by atomic mass is 35.5. The van der Waals surface area contributed by atoms with E-state index in [-0.39, 0.29) is 23.6 Å². The Morgan fingerprint density at radius 2 is 1.84 bits per heavy atom. The summed E-state index contributed by atoms with van der Waals surface area (Å²) in [5.74, 6) is -2.31. The molecular formula is C16H18ClF4N2O2+. The zero-order chi connectivity index (χ0) is 18.4. The van der Waals surface area contributed by atoms with Crippen LogP contribution in [0.4, 0.5) is 17.6 Å². The molecule has 0 amide bonds. The Labute approximate surface area is 147 Å². The number of halogens is 5. The van der Waals surface area contributed by atoms with Crippen LogP contribution in [-0.2, 0) is 9.53 Å². The number of benzene rings is 1. The molecule has 0 saturated carbocycles. The molecule has 1 heterocycles. The van der Waals surface area contributed by atoms with E-state index in [0.29, 0.717) is 26.3 Å². The lowest BCUT2D eigenvalue weighted by molar-refractivity contribution is -0.937. The van der Waals surface area contributed by atoms with Crippen LogP contribution >= 0.6 is 11.6 Å². The van der Waals surface area contributed by atoms with Gasteiger partial charge in [0.25, 0.3) is 0 Å². The first-order chi connectivity index (χ1) is 11.8. The summed E-state index contributed by atoms with van der Waals surface area (Å²) in [6, 6.07) is 5.67. The third-order valence-electron chi connectivity index (χ3n) is 3.97. The Morgan fingerprint density at radius 1 is 1.24 bits per heavy atom. The van der Waals surface area contributed by atoms with Gasteiger partial charge < -0.3 is 9.64 Å². The van der Waals surface area contributed by atoms with Crippen molar-refractivity contribution in [1.82, 2.24) is 0 Å². The van der Waals surface area contributed by atoms with Gasteiger partial charge in [-0.1, -0.05) is 23.7 Å². The van der Waals surface area contributed by atoms with E-state index in [1.807, 2.05) is 0 Å². The number of ketones is 1. The van der Waals surface area contributed by atoms with Crippen molar-refractivity contribution in [3.63, 3.8) is 0 Å². The third-order valence-corrected chi connectivity index (χ3v) is 4.22. The van der Waals surface area contributed by atoms with Crippen molar-refractivity contribution in [2.75, 3.05) is 32.8 Å². The Morgan fingerprint density at radius 3 is 2.40 bits per heavy atom. The molecule has 1 aliphatic rings. The minimum Gasteiger partial charge on any atom is -0.370 e. The number of quaternary nitrogens is 1. The smallest absolute Gasteiger partial charge is 0.370 e. The highest BCUT2D eigenvalue weighted by Crippen LogP contribution is 2.19. The van der Waals surface area contributed by atoms with E-state index in [0.717, 1.165) is 10.5 Å². The van der Waals surface area contributed by atoms with Crippen LogP contribution in [0.1, 0.15) is 18.0 Å². The largest absolute Gasteiger partial charge is 0.450 e. The normalized spacial score (nSPS) is 18.2. The van der Waals surface area contributed by atoms with E-state index >= 15 is 0 Å². The summed E-state index contributed by atoms with van der Waals surface area (Å²) < 4.78 is 55.3. The van der Waals surface area contributed by atoms with Crippen molar-refractivity contribution in [2.24, 2.45) is 4.99 Å². The molecule has 1 aromatic rings. The number of carbonyl (C=O) groups is 1. The minimum atomic E-state index is -4.93. The molecule has 0 aromatic heterocycles. The van der Waals surface area contributed by atoms with Crippen LogP contribution in [0.5, 0.6) is 0 Å². The van der Waals surface area contributed by atoms with Crippen molar-refractivity contribution in [1.29, 1.82) is 0 Å². The molecule has 1 fully saturated rings. The average molecular weight is 382 g/mol. The van der Waals surface area contributed by atoms with Gasteiger partial charge in [0.05, 0.1) is 26.2 Å². The van der Waals surface area contributed by atoms with Crippen molar-refractivity contribution in [2.45, 2.75) is 18.6 Å². The second kappa shape index (κ2) is 8.73. The van der Waals surface area contributed by atoms with Crippen LogP contribution in [0, 0.1) is 5.82 Å². The van der Waals surface area contributed by atoms with Crippen molar-refractivity contribution >= 4 is 22.6 Å². The van der Waals surface area contributed by atoms with Gasteiger partial charge in [0, 0.05) is 5.56 Å². The highest BCUT2D eigenvalue weighted by Gasteiger charge is 2.38. The fourth-order valence-corrected chi connectivity index (χ4v) is 2.82. The maximum absolute atomic E-state index is 13.1. The molecule has 0 bridgehead atoms. The first kappa shape index (κ1) is 19.8. The third kappa shape index (κ3) is 6.05. The molecule has 4 nitrogen and oxygen atoms in total. The molecule has 1 aromatic carbocycles. The van der Waals surface area contributed by atoms with Crippen LogP contribution in [0.15, 0.2) is 29.3 Å². The van der Waals surface area contributed by atoms with E-state index < -0.39 is 18.4 Å². The molecule has 0 aliphatic carbocycles. The average Bonchev–Trinajstić information content (AvgIpc) is 2.56. The molecule has 0 unspecified atom stereocenters. The molecule has 0 spiro atoms. The number of rotatable bonds is 6. The van der Waals surface area contributed by atoms with Crippen LogP contribution in [-0.4, -0.2) is 50.0 Å². The van der Waals surface area contributed by atoms with Crippen molar-refractivity contribution in [3.05, 3.63) is 35.6 Å². The van der Waals surface area contributed by atoms with Crippen molar-refractivity contribution < 1.29 is 32.0 Å². The van der Waals surface area contributed by atoms with Crippen LogP contribution in [0.2, 0.25) is 0 Å². The van der Waals surface area contributed by atoms with Gasteiger partial charge in [0.1, 0.15) is 30.1 Å². The van der Waals surface area contributed by atoms with E-state index in [9.17, 15) is 22.4 Å². The Kier molecular flexibility index (Phi) is 6.92. The number of nitrogens with zero attached hydrogens (tertiary/aromatic N) is 1. The van der Waals surface area contributed by atoms with E-state index in [1.165, 1.54) is 12.1 Å². The lowest BCUT2D eigenvalue weighted by atomic mass is 10.0. The van der Waals surface area contributed by atoms with Gasteiger partial charge in [0.2, 0.25) is 5.78 Å². The lowest BCUT2D eigenvalue weighted by Crippen LogP contribution is -3.14. The maximum atomic E-state index is 13.1. The highest BCUT2D eigenvalue weighted by molar-refractivity contribution is 6.66. The van der Waals surface area contributed by atoms with Gasteiger partial charge in [-0.15, -0.1) is 0 Å². The zero-order valence-electron chi connectivity index (χ0n) is 13.3. The first-order valence-electron chi connectivity index (χ1n) is 7.74. The molecule has 1 saturated heterocycles. The number of hydrogen-bond donors (Lipinski definition) is 1. The summed E-state index contributed by atoms with van der Waals surface area (Å²) in [5.41, 5.74) is 0.800. The zero-order valence-corrected chi connectivity index (χ0v) is 14.0. The fourth-order valence-electron chi connectivity index (χ4n) is 2.63. The van der Waals surface area contributed by atoms with Crippen molar-refractivity contribution in [3.8, 4) is 0 Å². The number of aliphatic imine (C=N–C) groups is 1. The van der Waals surface area contributed by atoms with Gasteiger partial charge >= 0.3 is 6.18 Å². The van der Waals surface area contributed by atoms with Crippen LogP contribution in [0.3, 0.4) is 0 Å². The molecule has 9 heteroatoms. The Bertz CT molecular complexity index is 614. The lowest BCUT2D eigenvalue weighted by Gasteiger charge is -2.31. The molecule has 0 radical (unpaired) electrons. The molecule has 1 N–H and O–H groups in total. The number of nitrogens with one attached hydrogen (secondary N) is 1. The number of alkyl halides is 3. The Hall–Kier alpha value is -1.51. The molecule has 138 valence electrons. The summed E-state index contributed by atoms with van der Waals surface area (Å²) in [7, 11) is 0. The van der Waals surface area contributed by atoms with Gasteiger partial charge in [0.15, 0.2) is 0 Å². The second-order valence-corrected chi connectivity index (χ2v) is 6.13. The standard InChI is InChI=1S/C16H17ClF4N2O2/c17-15(9-14(24)16(19,20)21)22-10-13(23-5-7-25-8-6-23)11-1-3-12(18)4-2-11/h1-4,13H,5-10H2/p+1/t13-/m1/s1. The fraction of sp³-hybridized carbons (Fsp3) is 0.500. The van der Waals surface area contributed by atoms with Gasteiger partial charge in [-0.05, 0) is 12.1 Å². The first-order valence-corrected chi connectivity index (χ1v) is 8.12. The predicted octanol–water partition coefficient (Wildman–Crippen LogP) is 1.94. The summed E-state index contributed by atoms with van der Waals surface area (Å²) in [5, 5.41) is -0.387. The topological polar surface area (TPSA) is 43.1 Å². The maximum Gasteiger partial charge on any atom is 0.450 e. The van der Waals surface area contributed by atoms with Crippen LogP contribution < -0.4 is 4.90 Å². The summed E-state index contributed by atoms with van der Waals surface area (Å²) in [6.45, 7) is 2.59. The quantitative estimate of drug-likeness (QED) is 0.604. The number of carbonyl (C=O) groups excluding carboxylic acids is 1. The second-order valence-electron chi connectivity index (χ2n) is 5.69. The Balaban J connectivity index is 2.11. The van der Waals surface area contributed by atoms with Gasteiger partial charge in [-0.3, -0.25) is 9.79 Å². The molecular weight excluding hydrogens is 364 g/mol. The SMILES string of the molecule is O=C(CC(Cl)=NC[C@H](c1ccc(F)cc1)[NH+]1CCOCC1)C(F)(F)F. The predicted molar refractivity (Wildman–Crippen MR) is 84.5 cm³/mol. The van der Waals surface area contributed by atoms with Crippen LogP contribution in [0.25, 0.3) is 0 Å². The summed E-state index contributed by atoms with van der Waals surface area (Å²) in [6.07, 6.45) is -5.90. The monoisotopic (exact) mass is 381 g/mol. The van der Waals surface area contributed by atoms with E-state index in [2.05, 4.69) is 4.99 Å². The number of ether oxygens (including phenoxy) is 1. The molecule has 1 aliphatic heterocycles. The molecule has 2 rings (SSSR count). The number of Topliss-reactive ketones (excluding diaryl/α,β-unsaturated/α-hetero) is 1. The van der Waals surface area contributed by atoms with E-state index in [4.69, 9.17) is 16.3 Å². The van der Waals surface area contributed by atoms with Gasteiger partial charge in [-0.2, -0.15) is 13.2 Å². The minimum absolute atomic E-state index is 0.102. The summed E-state index contributed by atoms with van der Waals surface area (Å²) >= 11 is 5.71. The van der Waals surface area contributed by atoms with Gasteiger partial charge in [-0.25, -0.2) is 4.39 Å². The molecule has 1 atom stereocenters. The summed E-state index contributed by atoms with van der Waals surface area (Å²) in [4.78, 5) is 16.1. The van der Waals surface area contributed by atoms with E-state index in [1.54, 1.807) is 12.1 Å². The number of morpholine rings is 1. The number of hydrogen-bond acceptors (Lipinski definition) is 3. The molecule has 25 heavy (non-hydrogen) atoms.